The Labute approximate surface area is 78.3 Å². The monoisotopic (exact) mass is 187 g/mol. The van der Waals surface area contributed by atoms with Crippen LogP contribution in [0, 0.1) is 5.41 Å². The Balaban J connectivity index is 2.45. The third kappa shape index (κ3) is 2.42. The van der Waals surface area contributed by atoms with Crippen molar-refractivity contribution in [3.63, 3.8) is 0 Å². The van der Waals surface area contributed by atoms with Crippen molar-refractivity contribution < 1.29 is 14.6 Å². The van der Waals surface area contributed by atoms with Crippen molar-refractivity contribution in [1.29, 1.82) is 0 Å². The van der Waals surface area contributed by atoms with Gasteiger partial charge in [0.2, 0.25) is 0 Å². The summed E-state index contributed by atoms with van der Waals surface area (Å²) in [6.07, 6.45) is 0.655. The van der Waals surface area contributed by atoms with Crippen LogP contribution < -0.4 is 5.32 Å². The Hall–Kier alpha value is -0.610. The predicted octanol–water partition coefficient (Wildman–Crippen LogP) is -0.0900. The van der Waals surface area contributed by atoms with E-state index in [0.717, 1.165) is 0 Å². The summed E-state index contributed by atoms with van der Waals surface area (Å²) in [4.78, 5) is 11.3. The maximum Gasteiger partial charge on any atom is 0.323 e. The van der Waals surface area contributed by atoms with E-state index >= 15 is 0 Å². The number of rotatable bonds is 3. The first-order chi connectivity index (χ1) is 6.11. The summed E-state index contributed by atoms with van der Waals surface area (Å²) >= 11 is 0. The van der Waals surface area contributed by atoms with E-state index < -0.39 is 0 Å². The first kappa shape index (κ1) is 10.5. The van der Waals surface area contributed by atoms with Crippen molar-refractivity contribution in [3.05, 3.63) is 0 Å². The summed E-state index contributed by atoms with van der Waals surface area (Å²) in [7, 11) is 0. The molecule has 1 aliphatic rings. The van der Waals surface area contributed by atoms with Crippen LogP contribution in [-0.2, 0) is 9.53 Å². The van der Waals surface area contributed by atoms with Gasteiger partial charge < -0.3 is 15.2 Å². The number of nitrogens with one attached hydrogen (secondary N) is 1. The lowest BCUT2D eigenvalue weighted by Crippen LogP contribution is -2.32. The van der Waals surface area contributed by atoms with Crippen LogP contribution >= 0.6 is 0 Å². The summed E-state index contributed by atoms with van der Waals surface area (Å²) < 4.78 is 4.88. The second-order valence-corrected chi connectivity index (χ2v) is 3.86. The SMILES string of the molecule is CCOC(=O)[C@@H]1CC(C)(CO)CN1. The third-order valence-corrected chi connectivity index (χ3v) is 2.42. The minimum Gasteiger partial charge on any atom is -0.465 e. The number of carbonyl (C=O) groups is 1. The molecule has 0 saturated carbocycles. The fourth-order valence-corrected chi connectivity index (χ4v) is 1.54. The fourth-order valence-electron chi connectivity index (χ4n) is 1.54. The van der Waals surface area contributed by atoms with Gasteiger partial charge in [0.1, 0.15) is 6.04 Å². The molecule has 0 spiro atoms. The average molecular weight is 187 g/mol. The molecule has 1 saturated heterocycles. The van der Waals surface area contributed by atoms with Crippen molar-refractivity contribution in [2.24, 2.45) is 5.41 Å². The molecule has 0 bridgehead atoms. The Morgan fingerprint density at radius 2 is 2.46 bits per heavy atom. The van der Waals surface area contributed by atoms with Crippen LogP contribution in [0.1, 0.15) is 20.3 Å². The molecule has 1 aliphatic heterocycles. The predicted molar refractivity (Wildman–Crippen MR) is 48.2 cm³/mol. The van der Waals surface area contributed by atoms with E-state index in [9.17, 15) is 4.79 Å². The molecule has 1 fully saturated rings. The molecule has 0 aromatic carbocycles. The van der Waals surface area contributed by atoms with Gasteiger partial charge in [0.05, 0.1) is 6.61 Å². The van der Waals surface area contributed by atoms with Gasteiger partial charge >= 0.3 is 5.97 Å². The Morgan fingerprint density at radius 1 is 1.77 bits per heavy atom. The number of carbonyl (C=O) groups excluding carboxylic acids is 1. The van der Waals surface area contributed by atoms with Gasteiger partial charge in [-0.15, -0.1) is 0 Å². The van der Waals surface area contributed by atoms with Gasteiger partial charge in [-0.2, -0.15) is 0 Å². The lowest BCUT2D eigenvalue weighted by molar-refractivity contribution is -0.145. The average Bonchev–Trinajstić information content (AvgIpc) is 2.50. The van der Waals surface area contributed by atoms with Crippen molar-refractivity contribution in [1.82, 2.24) is 5.32 Å². The molecule has 1 rings (SSSR count). The molecule has 0 radical (unpaired) electrons. The molecular formula is C9H17NO3. The molecule has 4 nitrogen and oxygen atoms in total. The topological polar surface area (TPSA) is 58.6 Å². The van der Waals surface area contributed by atoms with E-state index in [-0.39, 0.29) is 24.0 Å². The zero-order valence-corrected chi connectivity index (χ0v) is 8.17. The molecule has 1 unspecified atom stereocenters. The van der Waals surface area contributed by atoms with Crippen LogP contribution in [-0.4, -0.2) is 36.9 Å². The summed E-state index contributed by atoms with van der Waals surface area (Å²) in [6.45, 7) is 4.94. The van der Waals surface area contributed by atoms with E-state index in [1.165, 1.54) is 0 Å². The van der Waals surface area contributed by atoms with E-state index in [1.807, 2.05) is 6.92 Å². The zero-order valence-electron chi connectivity index (χ0n) is 8.17. The molecule has 2 atom stereocenters. The Morgan fingerprint density at radius 3 is 2.92 bits per heavy atom. The van der Waals surface area contributed by atoms with Gasteiger partial charge in [0, 0.05) is 18.6 Å². The lowest BCUT2D eigenvalue weighted by atomic mass is 9.89. The highest BCUT2D eigenvalue weighted by Gasteiger charge is 2.38. The molecule has 0 aromatic rings. The Kier molecular flexibility index (Phi) is 3.27. The van der Waals surface area contributed by atoms with Gasteiger partial charge in [0.25, 0.3) is 0 Å². The number of aliphatic hydroxyl groups excluding tert-OH is 1. The summed E-state index contributed by atoms with van der Waals surface area (Å²) in [5.41, 5.74) is -0.169. The molecule has 76 valence electrons. The number of hydrogen-bond acceptors (Lipinski definition) is 4. The van der Waals surface area contributed by atoms with Crippen LogP contribution in [0.5, 0.6) is 0 Å². The van der Waals surface area contributed by atoms with Crippen LogP contribution in [0.3, 0.4) is 0 Å². The van der Waals surface area contributed by atoms with Crippen LogP contribution in [0.25, 0.3) is 0 Å². The first-order valence-electron chi connectivity index (χ1n) is 4.62. The molecule has 2 N–H and O–H groups in total. The zero-order chi connectivity index (χ0) is 9.90. The van der Waals surface area contributed by atoms with E-state index in [2.05, 4.69) is 5.32 Å². The lowest BCUT2D eigenvalue weighted by Gasteiger charge is -2.18. The molecule has 4 heteroatoms. The summed E-state index contributed by atoms with van der Waals surface area (Å²) in [5.74, 6) is -0.209. The standard InChI is InChI=1S/C9H17NO3/c1-3-13-8(12)7-4-9(2,6-11)5-10-7/h7,10-11H,3-6H2,1-2H3/t7-,9?/m0/s1. The fraction of sp³-hybridized carbons (Fsp3) is 0.889. The van der Waals surface area contributed by atoms with Crippen molar-refractivity contribution in [2.45, 2.75) is 26.3 Å². The molecule has 0 amide bonds. The second kappa shape index (κ2) is 4.07. The van der Waals surface area contributed by atoms with Gasteiger partial charge in [-0.25, -0.2) is 0 Å². The molecule has 0 aromatic heterocycles. The normalized spacial score (nSPS) is 33.3. The Bertz CT molecular complexity index is 195. The largest absolute Gasteiger partial charge is 0.465 e. The van der Waals surface area contributed by atoms with Gasteiger partial charge in [0.15, 0.2) is 0 Å². The van der Waals surface area contributed by atoms with Crippen molar-refractivity contribution in [2.75, 3.05) is 19.8 Å². The van der Waals surface area contributed by atoms with E-state index in [1.54, 1.807) is 6.92 Å². The number of aliphatic hydroxyl groups is 1. The van der Waals surface area contributed by atoms with Crippen LogP contribution in [0.4, 0.5) is 0 Å². The highest BCUT2D eigenvalue weighted by atomic mass is 16.5. The third-order valence-electron chi connectivity index (χ3n) is 2.42. The van der Waals surface area contributed by atoms with Gasteiger partial charge in [-0.1, -0.05) is 6.92 Å². The molecule has 13 heavy (non-hydrogen) atoms. The summed E-state index contributed by atoms with van der Waals surface area (Å²) in [5, 5.41) is 12.1. The first-order valence-corrected chi connectivity index (χ1v) is 4.62. The van der Waals surface area contributed by atoms with Crippen molar-refractivity contribution in [3.8, 4) is 0 Å². The second-order valence-electron chi connectivity index (χ2n) is 3.86. The van der Waals surface area contributed by atoms with Gasteiger partial charge in [-0.3, -0.25) is 4.79 Å². The quantitative estimate of drug-likeness (QED) is 0.606. The minimum absolute atomic E-state index is 0.107. The maximum absolute atomic E-state index is 11.3. The number of ether oxygens (including phenoxy) is 1. The van der Waals surface area contributed by atoms with E-state index in [4.69, 9.17) is 9.84 Å². The molecular weight excluding hydrogens is 170 g/mol. The molecule has 0 aliphatic carbocycles. The smallest absolute Gasteiger partial charge is 0.323 e. The maximum atomic E-state index is 11.3. The van der Waals surface area contributed by atoms with Gasteiger partial charge in [-0.05, 0) is 13.3 Å². The highest BCUT2D eigenvalue weighted by Crippen LogP contribution is 2.27. The van der Waals surface area contributed by atoms with Crippen molar-refractivity contribution >= 4 is 5.97 Å². The van der Waals surface area contributed by atoms with Crippen LogP contribution in [0.15, 0.2) is 0 Å². The highest BCUT2D eigenvalue weighted by molar-refractivity contribution is 5.76. The van der Waals surface area contributed by atoms with E-state index in [0.29, 0.717) is 19.6 Å². The molecule has 1 heterocycles. The van der Waals surface area contributed by atoms with Crippen LogP contribution in [0.2, 0.25) is 0 Å². The number of esters is 1. The summed E-state index contributed by atoms with van der Waals surface area (Å²) in [6, 6.07) is -0.239. The minimum atomic E-state index is -0.239. The number of hydrogen-bond donors (Lipinski definition) is 2.